The van der Waals surface area contributed by atoms with Crippen molar-refractivity contribution in [1.82, 2.24) is 10.5 Å². The first-order valence-corrected chi connectivity index (χ1v) is 7.11. The molecule has 1 atom stereocenters. The van der Waals surface area contributed by atoms with Crippen molar-refractivity contribution in [1.29, 1.82) is 0 Å². The van der Waals surface area contributed by atoms with E-state index in [1.54, 1.807) is 0 Å². The topological polar surface area (TPSA) is 38.1 Å². The van der Waals surface area contributed by atoms with E-state index in [1.807, 2.05) is 25.6 Å². The summed E-state index contributed by atoms with van der Waals surface area (Å²) in [6.45, 7) is 4.78. The van der Waals surface area contributed by atoms with Crippen LogP contribution in [0.2, 0.25) is 0 Å². The fraction of sp³-hybridized carbons (Fsp3) is 0.357. The molecule has 3 rings (SSSR count). The Labute approximate surface area is 111 Å². The number of hydrogen-bond donors (Lipinski definition) is 1. The van der Waals surface area contributed by atoms with E-state index in [9.17, 15) is 0 Å². The van der Waals surface area contributed by atoms with Gasteiger partial charge < -0.3 is 9.84 Å². The van der Waals surface area contributed by atoms with Crippen LogP contribution in [0.1, 0.15) is 28.6 Å². The molecule has 0 saturated heterocycles. The average molecular weight is 260 g/mol. The van der Waals surface area contributed by atoms with Gasteiger partial charge in [0.15, 0.2) is 0 Å². The molecular formula is C14H16N2OS. The monoisotopic (exact) mass is 260 g/mol. The summed E-state index contributed by atoms with van der Waals surface area (Å²) in [5, 5.41) is 7.59. The molecule has 0 radical (unpaired) electrons. The number of nitrogens with zero attached hydrogens (tertiary/aromatic N) is 1. The molecule has 2 heterocycles. The summed E-state index contributed by atoms with van der Waals surface area (Å²) in [5.41, 5.74) is 3.58. The highest BCUT2D eigenvalue weighted by molar-refractivity contribution is 7.99. The van der Waals surface area contributed by atoms with Crippen molar-refractivity contribution in [3.8, 4) is 0 Å². The molecule has 0 saturated carbocycles. The lowest BCUT2D eigenvalue weighted by Crippen LogP contribution is -2.21. The Kier molecular flexibility index (Phi) is 3.14. The van der Waals surface area contributed by atoms with Gasteiger partial charge in [-0.05, 0) is 25.5 Å². The number of nitrogens with one attached hydrogen (secondary N) is 1. The molecule has 0 aliphatic carbocycles. The zero-order chi connectivity index (χ0) is 12.5. The van der Waals surface area contributed by atoms with Crippen LogP contribution < -0.4 is 5.32 Å². The van der Waals surface area contributed by atoms with Gasteiger partial charge in [-0.25, -0.2) is 0 Å². The summed E-state index contributed by atoms with van der Waals surface area (Å²) >= 11 is 1.92. The van der Waals surface area contributed by atoms with Gasteiger partial charge in [0.05, 0.1) is 5.69 Å². The Hall–Kier alpha value is -1.26. The fourth-order valence-electron chi connectivity index (χ4n) is 2.31. The summed E-state index contributed by atoms with van der Waals surface area (Å²) in [4.78, 5) is 1.40. The van der Waals surface area contributed by atoms with Gasteiger partial charge >= 0.3 is 0 Å². The largest absolute Gasteiger partial charge is 0.361 e. The predicted octanol–water partition coefficient (Wildman–Crippen LogP) is 3.23. The maximum Gasteiger partial charge on any atom is 0.138 e. The second kappa shape index (κ2) is 4.78. The van der Waals surface area contributed by atoms with E-state index in [0.29, 0.717) is 6.04 Å². The highest BCUT2D eigenvalue weighted by atomic mass is 32.2. The number of rotatable bonds is 3. The van der Waals surface area contributed by atoms with Crippen LogP contribution in [0.25, 0.3) is 0 Å². The zero-order valence-corrected chi connectivity index (χ0v) is 11.4. The minimum Gasteiger partial charge on any atom is -0.361 e. The van der Waals surface area contributed by atoms with E-state index in [1.165, 1.54) is 16.0 Å². The molecule has 4 heteroatoms. The molecule has 1 unspecified atom stereocenters. The molecule has 0 spiro atoms. The van der Waals surface area contributed by atoms with E-state index < -0.39 is 0 Å². The minimum absolute atomic E-state index is 0.430. The van der Waals surface area contributed by atoms with E-state index in [2.05, 4.69) is 34.7 Å². The first-order valence-electron chi connectivity index (χ1n) is 6.12. The summed E-state index contributed by atoms with van der Waals surface area (Å²) in [6.07, 6.45) is 0. The van der Waals surface area contributed by atoms with Gasteiger partial charge in [0.2, 0.25) is 0 Å². The Morgan fingerprint density at radius 2 is 2.22 bits per heavy atom. The van der Waals surface area contributed by atoms with Crippen LogP contribution in [0.15, 0.2) is 33.7 Å². The molecule has 0 amide bonds. The highest BCUT2D eigenvalue weighted by Gasteiger charge is 2.22. The van der Waals surface area contributed by atoms with E-state index in [-0.39, 0.29) is 0 Å². The van der Waals surface area contributed by atoms with Crippen LogP contribution in [-0.4, -0.2) is 10.9 Å². The van der Waals surface area contributed by atoms with Crippen LogP contribution in [0, 0.1) is 13.8 Å². The molecule has 1 N–H and O–H groups in total. The lowest BCUT2D eigenvalue weighted by Gasteiger charge is -2.12. The zero-order valence-electron chi connectivity index (χ0n) is 10.6. The van der Waals surface area contributed by atoms with Crippen LogP contribution in [0.3, 0.4) is 0 Å². The summed E-state index contributed by atoms with van der Waals surface area (Å²) in [7, 11) is 0. The molecule has 94 valence electrons. The molecule has 0 fully saturated rings. The van der Waals surface area contributed by atoms with Gasteiger partial charge in [-0.3, -0.25) is 0 Å². The van der Waals surface area contributed by atoms with Gasteiger partial charge in [0, 0.05) is 28.8 Å². The minimum atomic E-state index is 0.430. The molecule has 3 nitrogen and oxygen atoms in total. The summed E-state index contributed by atoms with van der Waals surface area (Å²) in [6, 6.07) is 9.04. The fourth-order valence-corrected chi connectivity index (χ4v) is 3.51. The quantitative estimate of drug-likeness (QED) is 0.919. The first-order chi connectivity index (χ1) is 8.75. The van der Waals surface area contributed by atoms with Crippen LogP contribution in [0.4, 0.5) is 0 Å². The van der Waals surface area contributed by atoms with Gasteiger partial charge in [0.25, 0.3) is 0 Å². The third kappa shape index (κ3) is 2.06. The highest BCUT2D eigenvalue weighted by Crippen LogP contribution is 2.37. The van der Waals surface area contributed by atoms with E-state index >= 15 is 0 Å². The maximum atomic E-state index is 5.18. The van der Waals surface area contributed by atoms with Crippen LogP contribution >= 0.6 is 11.8 Å². The first kappa shape index (κ1) is 11.8. The van der Waals surface area contributed by atoms with Crippen molar-refractivity contribution in [2.45, 2.75) is 31.3 Å². The van der Waals surface area contributed by atoms with Crippen molar-refractivity contribution in [3.63, 3.8) is 0 Å². The number of aromatic nitrogens is 1. The maximum absolute atomic E-state index is 5.18. The normalized spacial score (nSPS) is 18.0. The van der Waals surface area contributed by atoms with Gasteiger partial charge in [-0.15, -0.1) is 11.8 Å². The Morgan fingerprint density at radius 3 is 3.00 bits per heavy atom. The molecule has 2 aromatic rings. The number of fused-ring (bicyclic) bond motifs is 1. The van der Waals surface area contributed by atoms with Crippen molar-refractivity contribution in [3.05, 3.63) is 46.8 Å². The van der Waals surface area contributed by atoms with Crippen molar-refractivity contribution < 1.29 is 4.52 Å². The summed E-state index contributed by atoms with van der Waals surface area (Å²) < 4.78 is 5.18. The van der Waals surface area contributed by atoms with Crippen molar-refractivity contribution >= 4 is 11.8 Å². The number of thioether (sulfide) groups is 1. The SMILES string of the molecule is Cc1noc(C)c1CNC1CSc2ccccc21. The van der Waals surface area contributed by atoms with Gasteiger partial charge in [-0.2, -0.15) is 0 Å². The second-order valence-electron chi connectivity index (χ2n) is 4.59. The predicted molar refractivity (Wildman–Crippen MR) is 72.7 cm³/mol. The van der Waals surface area contributed by atoms with Gasteiger partial charge in [0.1, 0.15) is 5.76 Å². The number of benzene rings is 1. The molecule has 18 heavy (non-hydrogen) atoms. The molecule has 1 aromatic carbocycles. The number of aryl methyl sites for hydroxylation is 2. The van der Waals surface area contributed by atoms with Crippen LogP contribution in [0.5, 0.6) is 0 Å². The molecule has 1 aliphatic rings. The Bertz CT molecular complexity index is 545. The van der Waals surface area contributed by atoms with E-state index in [0.717, 1.165) is 23.8 Å². The lowest BCUT2D eigenvalue weighted by atomic mass is 10.1. The van der Waals surface area contributed by atoms with Gasteiger partial charge in [-0.1, -0.05) is 23.4 Å². The molecular weight excluding hydrogens is 244 g/mol. The molecule has 1 aliphatic heterocycles. The molecule has 1 aromatic heterocycles. The third-order valence-corrected chi connectivity index (χ3v) is 4.59. The lowest BCUT2D eigenvalue weighted by molar-refractivity contribution is 0.391. The smallest absolute Gasteiger partial charge is 0.138 e. The molecule has 0 bridgehead atoms. The summed E-state index contributed by atoms with van der Waals surface area (Å²) in [5.74, 6) is 2.02. The standard InChI is InChI=1S/C14H16N2OS/c1-9-12(10(2)17-16-9)7-15-13-8-18-14-6-4-3-5-11(13)14/h3-6,13,15H,7-8H2,1-2H3. The van der Waals surface area contributed by atoms with E-state index in [4.69, 9.17) is 4.52 Å². The Balaban J connectivity index is 1.72. The van der Waals surface area contributed by atoms with Crippen LogP contribution in [-0.2, 0) is 6.54 Å². The van der Waals surface area contributed by atoms with Crippen molar-refractivity contribution in [2.24, 2.45) is 0 Å². The average Bonchev–Trinajstić information content (AvgIpc) is 2.93. The Morgan fingerprint density at radius 1 is 1.39 bits per heavy atom. The third-order valence-electron chi connectivity index (χ3n) is 3.41. The van der Waals surface area contributed by atoms with Crippen molar-refractivity contribution in [2.75, 3.05) is 5.75 Å². The second-order valence-corrected chi connectivity index (χ2v) is 5.65. The number of hydrogen-bond acceptors (Lipinski definition) is 4.